The first-order valence-corrected chi connectivity index (χ1v) is 13.6. The summed E-state index contributed by atoms with van der Waals surface area (Å²) in [6.45, 7) is 5.20. The van der Waals surface area contributed by atoms with Gasteiger partial charge in [0.1, 0.15) is 18.5 Å². The van der Waals surface area contributed by atoms with E-state index in [-0.39, 0.29) is 23.9 Å². The van der Waals surface area contributed by atoms with Gasteiger partial charge in [0.2, 0.25) is 0 Å². The Hall–Kier alpha value is -2.36. The number of nitrogens with one attached hydrogen (secondary N) is 1. The van der Waals surface area contributed by atoms with Crippen LogP contribution in [0.5, 0.6) is 11.8 Å². The molecule has 4 aliphatic rings. The molecule has 3 aliphatic heterocycles. The quantitative estimate of drug-likeness (QED) is 0.514. The number of methoxy groups -OCH3 is 1. The highest BCUT2D eigenvalue weighted by Gasteiger charge is 2.49. The largest absolute Gasteiger partial charge is 0.467 e. The maximum Gasteiger partial charge on any atom is 0.296 e. The van der Waals surface area contributed by atoms with Crippen LogP contribution in [0.3, 0.4) is 0 Å². The number of aromatic amines is 1. The molecule has 2 saturated heterocycles. The number of H-pyrrole nitrogens is 1. The van der Waals surface area contributed by atoms with Crippen LogP contribution in [-0.2, 0) is 17.7 Å². The van der Waals surface area contributed by atoms with Crippen molar-refractivity contribution in [2.75, 3.05) is 45.0 Å². The molecule has 200 valence electrons. The van der Waals surface area contributed by atoms with Crippen molar-refractivity contribution < 1.29 is 18.6 Å². The number of alkyl halides is 1. The van der Waals surface area contributed by atoms with E-state index in [9.17, 15) is 9.18 Å². The average Bonchev–Trinajstić information content (AvgIpc) is 3.32. The smallest absolute Gasteiger partial charge is 0.296 e. The number of halogens is 2. The molecular formula is C27H34ClFN4O4. The van der Waals surface area contributed by atoms with Gasteiger partial charge in [-0.1, -0.05) is 18.5 Å². The van der Waals surface area contributed by atoms with E-state index in [0.29, 0.717) is 72.9 Å². The van der Waals surface area contributed by atoms with Crippen molar-refractivity contribution in [2.24, 2.45) is 5.92 Å². The molecule has 1 aliphatic carbocycles. The highest BCUT2D eigenvalue weighted by molar-refractivity contribution is 6.32. The number of ether oxygens (including phenoxy) is 3. The molecule has 0 amide bonds. The Kier molecular flexibility index (Phi) is 6.57. The SMILES string of the molecule is COCOc1cc(Cl)c([C@@H]2C[C@@H]2C)c(N2CCc3c(nc(OC[C@@]45CCCN4C[C@H](F)C5)[nH]c3=O)C2)c1. The number of hydrogen-bond acceptors (Lipinski definition) is 7. The normalized spacial score (nSPS) is 28.8. The number of benzene rings is 1. The van der Waals surface area contributed by atoms with Crippen molar-refractivity contribution in [1.82, 2.24) is 14.9 Å². The molecule has 0 radical (unpaired) electrons. The summed E-state index contributed by atoms with van der Waals surface area (Å²) in [6, 6.07) is 4.08. The topological polar surface area (TPSA) is 79.9 Å². The fraction of sp³-hybridized carbons (Fsp3) is 0.630. The highest BCUT2D eigenvalue weighted by Crippen LogP contribution is 2.53. The fourth-order valence-electron chi connectivity index (χ4n) is 6.48. The summed E-state index contributed by atoms with van der Waals surface area (Å²) in [5.41, 5.74) is 3.08. The van der Waals surface area contributed by atoms with E-state index in [1.807, 2.05) is 12.1 Å². The van der Waals surface area contributed by atoms with Gasteiger partial charge in [0.15, 0.2) is 6.79 Å². The van der Waals surface area contributed by atoms with E-state index in [1.165, 1.54) is 0 Å². The fourth-order valence-corrected chi connectivity index (χ4v) is 6.83. The number of hydrogen-bond donors (Lipinski definition) is 1. The summed E-state index contributed by atoms with van der Waals surface area (Å²) in [7, 11) is 1.58. The van der Waals surface area contributed by atoms with Crippen molar-refractivity contribution >= 4 is 17.3 Å². The molecule has 1 aromatic carbocycles. The first-order valence-electron chi connectivity index (χ1n) is 13.2. The lowest BCUT2D eigenvalue weighted by atomic mass is 9.95. The van der Waals surface area contributed by atoms with Crippen LogP contribution in [0.2, 0.25) is 5.02 Å². The summed E-state index contributed by atoms with van der Waals surface area (Å²) in [5, 5.41) is 0.690. The van der Waals surface area contributed by atoms with Crippen molar-refractivity contribution in [3.8, 4) is 11.8 Å². The molecule has 1 saturated carbocycles. The van der Waals surface area contributed by atoms with E-state index in [2.05, 4.69) is 21.7 Å². The van der Waals surface area contributed by atoms with E-state index < -0.39 is 6.17 Å². The Balaban J connectivity index is 1.26. The third kappa shape index (κ3) is 4.70. The summed E-state index contributed by atoms with van der Waals surface area (Å²) < 4.78 is 31.0. The first-order chi connectivity index (χ1) is 17.9. The lowest BCUT2D eigenvalue weighted by Gasteiger charge is -2.33. The van der Waals surface area contributed by atoms with Gasteiger partial charge in [-0.05, 0) is 55.7 Å². The van der Waals surface area contributed by atoms with Gasteiger partial charge in [-0.3, -0.25) is 14.7 Å². The predicted molar refractivity (Wildman–Crippen MR) is 139 cm³/mol. The maximum absolute atomic E-state index is 14.2. The molecule has 4 atom stereocenters. The molecule has 37 heavy (non-hydrogen) atoms. The van der Waals surface area contributed by atoms with Crippen LogP contribution < -0.4 is 19.9 Å². The zero-order chi connectivity index (χ0) is 25.7. The molecule has 1 aromatic heterocycles. The predicted octanol–water partition coefficient (Wildman–Crippen LogP) is 4.05. The molecule has 0 spiro atoms. The van der Waals surface area contributed by atoms with Crippen LogP contribution in [0.25, 0.3) is 0 Å². The Morgan fingerprint density at radius 1 is 1.30 bits per heavy atom. The Morgan fingerprint density at radius 3 is 2.92 bits per heavy atom. The van der Waals surface area contributed by atoms with Gasteiger partial charge in [0.25, 0.3) is 11.6 Å². The van der Waals surface area contributed by atoms with Crippen LogP contribution in [-0.4, -0.2) is 66.7 Å². The van der Waals surface area contributed by atoms with Gasteiger partial charge in [-0.15, -0.1) is 0 Å². The molecule has 0 unspecified atom stereocenters. The van der Waals surface area contributed by atoms with Crippen LogP contribution in [0.1, 0.15) is 55.3 Å². The molecular weight excluding hydrogens is 499 g/mol. The van der Waals surface area contributed by atoms with Crippen LogP contribution in [0, 0.1) is 5.92 Å². The molecule has 1 N–H and O–H groups in total. The average molecular weight is 533 g/mol. The number of rotatable bonds is 8. The Morgan fingerprint density at radius 2 is 2.14 bits per heavy atom. The molecule has 3 fully saturated rings. The van der Waals surface area contributed by atoms with Gasteiger partial charge < -0.3 is 19.1 Å². The van der Waals surface area contributed by atoms with Gasteiger partial charge in [-0.2, -0.15) is 4.98 Å². The standard InChI is InChI=1S/C27H34ClFN4O4/c1-16-8-20(16)24-21(28)9-18(37-15-35-2)10-23(24)32-7-4-19-22(13-32)30-26(31-25(19)34)36-14-27-5-3-6-33(27)12-17(29)11-27/h9-10,16-17,20H,3-8,11-15H2,1-2H3,(H,30,31,34)/t16-,17+,20+,27-/m0/s1. The summed E-state index contributed by atoms with van der Waals surface area (Å²) in [5.74, 6) is 1.63. The first kappa shape index (κ1) is 24.9. The van der Waals surface area contributed by atoms with E-state index in [4.69, 9.17) is 30.8 Å². The van der Waals surface area contributed by atoms with Gasteiger partial charge >= 0.3 is 0 Å². The maximum atomic E-state index is 14.2. The molecule has 0 bridgehead atoms. The lowest BCUT2D eigenvalue weighted by molar-refractivity contribution is 0.0511. The second-order valence-corrected chi connectivity index (χ2v) is 11.4. The van der Waals surface area contributed by atoms with Crippen molar-refractivity contribution in [3.63, 3.8) is 0 Å². The monoisotopic (exact) mass is 532 g/mol. The van der Waals surface area contributed by atoms with E-state index in [0.717, 1.165) is 37.1 Å². The summed E-state index contributed by atoms with van der Waals surface area (Å²) >= 11 is 6.77. The summed E-state index contributed by atoms with van der Waals surface area (Å²) in [6.07, 6.45) is 3.26. The van der Waals surface area contributed by atoms with Gasteiger partial charge in [0, 0.05) is 49.0 Å². The Labute approximate surface area is 221 Å². The van der Waals surface area contributed by atoms with Crippen molar-refractivity contribution in [3.05, 3.63) is 44.3 Å². The van der Waals surface area contributed by atoms with Crippen molar-refractivity contribution in [2.45, 2.75) is 63.2 Å². The molecule has 10 heteroatoms. The minimum absolute atomic E-state index is 0.136. The highest BCUT2D eigenvalue weighted by atomic mass is 35.5. The van der Waals surface area contributed by atoms with E-state index >= 15 is 0 Å². The second-order valence-electron chi connectivity index (χ2n) is 11.0. The molecule has 8 nitrogen and oxygen atoms in total. The third-order valence-corrected chi connectivity index (χ3v) is 8.85. The Bertz CT molecular complexity index is 1240. The van der Waals surface area contributed by atoms with Crippen LogP contribution in [0.4, 0.5) is 10.1 Å². The van der Waals surface area contributed by atoms with Crippen LogP contribution in [0.15, 0.2) is 16.9 Å². The van der Waals surface area contributed by atoms with Crippen LogP contribution >= 0.6 is 11.6 Å². The zero-order valence-corrected chi connectivity index (χ0v) is 22.2. The molecule has 2 aromatic rings. The third-order valence-electron chi connectivity index (χ3n) is 8.54. The minimum atomic E-state index is -0.827. The van der Waals surface area contributed by atoms with E-state index in [1.54, 1.807) is 7.11 Å². The van der Waals surface area contributed by atoms with Gasteiger partial charge in [-0.25, -0.2) is 4.39 Å². The number of nitrogens with zero attached hydrogens (tertiary/aromatic N) is 3. The minimum Gasteiger partial charge on any atom is -0.467 e. The van der Waals surface area contributed by atoms with Gasteiger partial charge in [0.05, 0.1) is 17.8 Å². The zero-order valence-electron chi connectivity index (χ0n) is 21.4. The molecule has 4 heterocycles. The number of aromatic nitrogens is 2. The number of anilines is 1. The lowest BCUT2D eigenvalue weighted by Crippen LogP contribution is -2.44. The molecule has 6 rings (SSSR count). The van der Waals surface area contributed by atoms with Crippen molar-refractivity contribution in [1.29, 1.82) is 0 Å². The number of fused-ring (bicyclic) bond motifs is 2. The summed E-state index contributed by atoms with van der Waals surface area (Å²) in [4.78, 5) is 24.9. The second kappa shape index (κ2) is 9.75.